The van der Waals surface area contributed by atoms with Crippen LogP contribution in [0.2, 0.25) is 0 Å². The summed E-state index contributed by atoms with van der Waals surface area (Å²) >= 11 is 0. The number of nitrogens with one attached hydrogen (secondary N) is 1. The fourth-order valence-electron chi connectivity index (χ4n) is 1.80. The van der Waals surface area contributed by atoms with E-state index in [9.17, 15) is 13.2 Å². The van der Waals surface area contributed by atoms with E-state index in [1.807, 2.05) is 6.92 Å². The number of hydrogen-bond acceptors (Lipinski definition) is 3. The van der Waals surface area contributed by atoms with Crippen molar-refractivity contribution in [1.29, 1.82) is 0 Å². The predicted molar refractivity (Wildman–Crippen MR) is 56.6 cm³/mol. The third kappa shape index (κ3) is 1.89. The number of carbonyl (C=O) groups excluding carboxylic acids is 1. The summed E-state index contributed by atoms with van der Waals surface area (Å²) in [6.45, 7) is 3.71. The first-order valence-electron chi connectivity index (χ1n) is 5.46. The first-order valence-corrected chi connectivity index (χ1v) is 6.94. The Bertz CT molecular complexity index is 383. The van der Waals surface area contributed by atoms with Gasteiger partial charge in [0.1, 0.15) is 0 Å². The van der Waals surface area contributed by atoms with E-state index >= 15 is 0 Å². The van der Waals surface area contributed by atoms with Crippen LogP contribution in [0.5, 0.6) is 0 Å². The third-order valence-corrected chi connectivity index (χ3v) is 5.80. The molecule has 2 aliphatic carbocycles. The van der Waals surface area contributed by atoms with E-state index in [4.69, 9.17) is 0 Å². The van der Waals surface area contributed by atoms with Crippen molar-refractivity contribution in [3.05, 3.63) is 0 Å². The molecule has 0 aromatic heterocycles. The average molecular weight is 231 g/mol. The Kier molecular flexibility index (Phi) is 2.33. The SMILES string of the molecule is CCC1C[C@@H]1C(=O)NS(=O)(=O)C1(C)CC1. The molecule has 2 saturated carbocycles. The zero-order valence-electron chi connectivity index (χ0n) is 9.12. The van der Waals surface area contributed by atoms with E-state index in [0.29, 0.717) is 18.8 Å². The number of rotatable bonds is 4. The number of sulfonamides is 1. The lowest BCUT2D eigenvalue weighted by Gasteiger charge is -2.11. The van der Waals surface area contributed by atoms with Crippen LogP contribution in [0.4, 0.5) is 0 Å². The zero-order valence-corrected chi connectivity index (χ0v) is 9.93. The van der Waals surface area contributed by atoms with Gasteiger partial charge in [0.15, 0.2) is 0 Å². The van der Waals surface area contributed by atoms with Gasteiger partial charge < -0.3 is 0 Å². The van der Waals surface area contributed by atoms with Gasteiger partial charge in [0.05, 0.1) is 4.75 Å². The van der Waals surface area contributed by atoms with Crippen LogP contribution in [0.3, 0.4) is 0 Å². The smallest absolute Gasteiger partial charge is 0.240 e. The third-order valence-electron chi connectivity index (χ3n) is 3.62. The van der Waals surface area contributed by atoms with Crippen LogP contribution in [-0.4, -0.2) is 19.1 Å². The lowest BCUT2D eigenvalue weighted by atomic mass is 10.2. The fourth-order valence-corrected chi connectivity index (χ4v) is 3.10. The van der Waals surface area contributed by atoms with Gasteiger partial charge in [0, 0.05) is 5.92 Å². The van der Waals surface area contributed by atoms with Gasteiger partial charge >= 0.3 is 0 Å². The highest BCUT2D eigenvalue weighted by molar-refractivity contribution is 7.91. The summed E-state index contributed by atoms with van der Waals surface area (Å²) in [6, 6.07) is 0. The Hall–Kier alpha value is -0.580. The molecule has 2 atom stereocenters. The van der Waals surface area contributed by atoms with Crippen LogP contribution in [0.15, 0.2) is 0 Å². The summed E-state index contributed by atoms with van der Waals surface area (Å²) in [7, 11) is -3.42. The molecule has 0 bridgehead atoms. The summed E-state index contributed by atoms with van der Waals surface area (Å²) in [4.78, 5) is 11.6. The summed E-state index contributed by atoms with van der Waals surface area (Å²) in [6.07, 6.45) is 3.12. The van der Waals surface area contributed by atoms with E-state index in [1.54, 1.807) is 6.92 Å². The summed E-state index contributed by atoms with van der Waals surface area (Å²) < 4.78 is 25.0. The van der Waals surface area contributed by atoms with Gasteiger partial charge in [-0.05, 0) is 32.1 Å². The number of amides is 1. The molecule has 0 aromatic rings. The van der Waals surface area contributed by atoms with Crippen molar-refractivity contribution in [2.24, 2.45) is 11.8 Å². The highest BCUT2D eigenvalue weighted by atomic mass is 32.2. The first kappa shape index (κ1) is 10.9. The molecule has 4 nitrogen and oxygen atoms in total. The second kappa shape index (κ2) is 3.20. The van der Waals surface area contributed by atoms with Crippen molar-refractivity contribution in [2.75, 3.05) is 0 Å². The molecule has 1 unspecified atom stereocenters. The van der Waals surface area contributed by atoms with Crippen molar-refractivity contribution < 1.29 is 13.2 Å². The largest absolute Gasteiger partial charge is 0.274 e. The topological polar surface area (TPSA) is 63.2 Å². The highest BCUT2D eigenvalue weighted by Crippen LogP contribution is 2.44. The summed E-state index contributed by atoms with van der Waals surface area (Å²) in [5.74, 6) is 0.0364. The van der Waals surface area contributed by atoms with Crippen molar-refractivity contribution in [3.8, 4) is 0 Å². The summed E-state index contributed by atoms with van der Waals surface area (Å²) in [5, 5.41) is 0. The van der Waals surface area contributed by atoms with Crippen LogP contribution in [0.1, 0.15) is 39.5 Å². The monoisotopic (exact) mass is 231 g/mol. The Morgan fingerprint density at radius 3 is 2.47 bits per heavy atom. The number of hydrogen-bond donors (Lipinski definition) is 1. The molecule has 2 fully saturated rings. The lowest BCUT2D eigenvalue weighted by molar-refractivity contribution is -0.120. The van der Waals surface area contributed by atoms with E-state index in [1.165, 1.54) is 0 Å². The molecule has 0 radical (unpaired) electrons. The van der Waals surface area contributed by atoms with Gasteiger partial charge in [-0.1, -0.05) is 13.3 Å². The zero-order chi connectivity index (χ0) is 11.3. The van der Waals surface area contributed by atoms with Gasteiger partial charge in [-0.3, -0.25) is 9.52 Å². The lowest BCUT2D eigenvalue weighted by Crippen LogP contribution is -2.39. The maximum absolute atomic E-state index is 11.7. The molecule has 2 aliphatic rings. The van der Waals surface area contributed by atoms with Gasteiger partial charge in [-0.2, -0.15) is 0 Å². The molecular weight excluding hydrogens is 214 g/mol. The van der Waals surface area contributed by atoms with Crippen LogP contribution in [-0.2, 0) is 14.8 Å². The molecule has 15 heavy (non-hydrogen) atoms. The van der Waals surface area contributed by atoms with Crippen molar-refractivity contribution in [2.45, 2.75) is 44.3 Å². The molecular formula is C10H17NO3S. The maximum Gasteiger partial charge on any atom is 0.240 e. The second-order valence-electron chi connectivity index (χ2n) is 4.93. The van der Waals surface area contributed by atoms with Crippen LogP contribution in [0, 0.1) is 11.8 Å². The Morgan fingerprint density at radius 1 is 1.47 bits per heavy atom. The van der Waals surface area contributed by atoms with E-state index in [2.05, 4.69) is 4.72 Å². The van der Waals surface area contributed by atoms with Gasteiger partial charge in [0.25, 0.3) is 0 Å². The molecule has 0 saturated heterocycles. The van der Waals surface area contributed by atoms with Crippen LogP contribution < -0.4 is 4.72 Å². The van der Waals surface area contributed by atoms with Crippen molar-refractivity contribution >= 4 is 15.9 Å². The Balaban J connectivity index is 1.95. The quantitative estimate of drug-likeness (QED) is 0.786. The number of carbonyl (C=O) groups is 1. The van der Waals surface area contributed by atoms with Crippen molar-refractivity contribution in [3.63, 3.8) is 0 Å². The van der Waals surface area contributed by atoms with Gasteiger partial charge in [-0.25, -0.2) is 8.42 Å². The van der Waals surface area contributed by atoms with E-state index in [0.717, 1.165) is 12.8 Å². The minimum absolute atomic E-state index is 0.0628. The molecule has 0 heterocycles. The minimum Gasteiger partial charge on any atom is -0.274 e. The molecule has 1 amide bonds. The van der Waals surface area contributed by atoms with Gasteiger partial charge in [-0.15, -0.1) is 0 Å². The molecule has 0 spiro atoms. The van der Waals surface area contributed by atoms with E-state index < -0.39 is 14.8 Å². The maximum atomic E-state index is 11.7. The average Bonchev–Trinajstić information content (AvgIpc) is 2.97. The normalized spacial score (nSPS) is 32.1. The molecule has 0 aliphatic heterocycles. The van der Waals surface area contributed by atoms with Crippen LogP contribution >= 0.6 is 0 Å². The summed E-state index contributed by atoms with van der Waals surface area (Å²) in [5.41, 5.74) is 0. The molecule has 2 rings (SSSR count). The van der Waals surface area contributed by atoms with Crippen LogP contribution in [0.25, 0.3) is 0 Å². The van der Waals surface area contributed by atoms with E-state index in [-0.39, 0.29) is 11.8 Å². The first-order chi connectivity index (χ1) is 6.89. The minimum atomic E-state index is -3.42. The molecule has 5 heteroatoms. The highest BCUT2D eigenvalue weighted by Gasteiger charge is 2.52. The Morgan fingerprint density at radius 2 is 2.07 bits per heavy atom. The molecule has 0 aromatic carbocycles. The van der Waals surface area contributed by atoms with Crippen molar-refractivity contribution in [1.82, 2.24) is 4.72 Å². The fraction of sp³-hybridized carbons (Fsp3) is 0.900. The molecule has 1 N–H and O–H groups in total. The molecule has 86 valence electrons. The second-order valence-corrected chi connectivity index (χ2v) is 7.13. The Labute approximate surface area is 90.5 Å². The predicted octanol–water partition coefficient (Wildman–Crippen LogP) is 1.03. The standard InChI is InChI=1S/C10H17NO3S/c1-3-7-6-8(7)9(12)11-15(13,14)10(2)4-5-10/h7-8H,3-6H2,1-2H3,(H,11,12)/t7?,8-/m0/s1. The van der Waals surface area contributed by atoms with Gasteiger partial charge in [0.2, 0.25) is 15.9 Å².